The number of benzene rings is 1. The summed E-state index contributed by atoms with van der Waals surface area (Å²) in [5.41, 5.74) is 0.344. The quantitative estimate of drug-likeness (QED) is 0.712. The van der Waals surface area contributed by atoms with Gasteiger partial charge in [-0.1, -0.05) is 11.6 Å². The largest absolute Gasteiger partial charge is 0.478 e. The van der Waals surface area contributed by atoms with Crippen LogP contribution >= 0.6 is 11.6 Å². The molecular formula is C13H6ClF2N3O2. The molecule has 3 rings (SSSR count). The maximum atomic E-state index is 13.8. The number of imidazole rings is 1. The van der Waals surface area contributed by atoms with Gasteiger partial charge in [0.15, 0.2) is 5.65 Å². The van der Waals surface area contributed by atoms with Crippen LogP contribution in [0.5, 0.6) is 0 Å². The topological polar surface area (TPSA) is 78.9 Å². The number of hydrogen-bond acceptors (Lipinski definition) is 3. The Bertz CT molecular complexity index is 879. The average Bonchev–Trinajstić information content (AvgIpc) is 2.85. The van der Waals surface area contributed by atoms with E-state index in [0.29, 0.717) is 5.52 Å². The van der Waals surface area contributed by atoms with Crippen LogP contribution in [0.4, 0.5) is 8.78 Å². The molecule has 2 N–H and O–H groups in total. The number of aromatic carboxylic acids is 1. The van der Waals surface area contributed by atoms with Crippen molar-refractivity contribution in [1.29, 1.82) is 0 Å². The van der Waals surface area contributed by atoms with Crippen LogP contribution in [0.3, 0.4) is 0 Å². The third kappa shape index (κ3) is 2.31. The number of aromatic amines is 1. The maximum Gasteiger partial charge on any atom is 0.337 e. The molecule has 3 aromatic rings. The molecule has 0 fully saturated rings. The van der Waals surface area contributed by atoms with Gasteiger partial charge in [0.2, 0.25) is 0 Å². The fourth-order valence-corrected chi connectivity index (χ4v) is 2.00. The number of nitrogens with one attached hydrogen (secondary N) is 1. The Hall–Kier alpha value is -2.54. The van der Waals surface area contributed by atoms with Crippen molar-refractivity contribution in [3.63, 3.8) is 0 Å². The van der Waals surface area contributed by atoms with E-state index >= 15 is 0 Å². The zero-order valence-electron chi connectivity index (χ0n) is 10.2. The van der Waals surface area contributed by atoms with E-state index in [1.54, 1.807) is 0 Å². The smallest absolute Gasteiger partial charge is 0.337 e. The molecular weight excluding hydrogens is 304 g/mol. The minimum atomic E-state index is -1.15. The number of halogens is 3. The highest BCUT2D eigenvalue weighted by molar-refractivity contribution is 6.30. The predicted molar refractivity (Wildman–Crippen MR) is 71.2 cm³/mol. The molecule has 0 aliphatic rings. The van der Waals surface area contributed by atoms with Crippen molar-refractivity contribution < 1.29 is 18.7 Å². The third-order valence-electron chi connectivity index (χ3n) is 2.85. The summed E-state index contributed by atoms with van der Waals surface area (Å²) in [6.45, 7) is 0. The van der Waals surface area contributed by atoms with Gasteiger partial charge in [-0.3, -0.25) is 0 Å². The van der Waals surface area contributed by atoms with Gasteiger partial charge in [0, 0.05) is 6.20 Å². The van der Waals surface area contributed by atoms with Crippen molar-refractivity contribution >= 4 is 28.7 Å². The molecule has 8 heteroatoms. The van der Waals surface area contributed by atoms with E-state index in [4.69, 9.17) is 16.7 Å². The fraction of sp³-hybridized carbons (Fsp3) is 0. The Kier molecular flexibility index (Phi) is 3.06. The van der Waals surface area contributed by atoms with Crippen LogP contribution in [-0.2, 0) is 0 Å². The standard InChI is InChI=1S/C13H6ClF2N3O2/c14-7-3-8(15)6(2-9(7)16)11-18-10-1-5(13(20)21)4-17-12(10)19-11/h1-4H,(H,20,21)(H,17,18,19). The highest BCUT2D eigenvalue weighted by Gasteiger charge is 2.15. The third-order valence-corrected chi connectivity index (χ3v) is 3.14. The van der Waals surface area contributed by atoms with Crippen molar-refractivity contribution in [3.05, 3.63) is 46.6 Å². The van der Waals surface area contributed by atoms with Crippen LogP contribution < -0.4 is 0 Å². The first-order valence-corrected chi connectivity index (χ1v) is 6.07. The SMILES string of the molecule is O=C(O)c1cnc2nc(-c3cc(F)c(Cl)cc3F)[nH]c2c1. The number of nitrogens with zero attached hydrogens (tertiary/aromatic N) is 2. The molecule has 0 aliphatic carbocycles. The van der Waals surface area contributed by atoms with E-state index in [2.05, 4.69) is 15.0 Å². The van der Waals surface area contributed by atoms with Crippen molar-refractivity contribution in [3.8, 4) is 11.4 Å². The van der Waals surface area contributed by atoms with Crippen LogP contribution in [0.2, 0.25) is 5.02 Å². The second-order valence-electron chi connectivity index (χ2n) is 4.23. The monoisotopic (exact) mass is 309 g/mol. The first kappa shape index (κ1) is 13.4. The minimum Gasteiger partial charge on any atom is -0.478 e. The van der Waals surface area contributed by atoms with Gasteiger partial charge in [-0.25, -0.2) is 23.5 Å². The van der Waals surface area contributed by atoms with Gasteiger partial charge in [-0.2, -0.15) is 0 Å². The lowest BCUT2D eigenvalue weighted by Gasteiger charge is -2.01. The lowest BCUT2D eigenvalue weighted by molar-refractivity contribution is 0.0696. The second kappa shape index (κ2) is 4.78. The number of pyridine rings is 1. The van der Waals surface area contributed by atoms with Crippen molar-refractivity contribution in [2.24, 2.45) is 0 Å². The number of fused-ring (bicyclic) bond motifs is 1. The average molecular weight is 310 g/mol. The second-order valence-corrected chi connectivity index (χ2v) is 4.64. The highest BCUT2D eigenvalue weighted by Crippen LogP contribution is 2.27. The number of carboxylic acid groups (broad SMARTS) is 1. The lowest BCUT2D eigenvalue weighted by Crippen LogP contribution is -1.96. The number of aromatic nitrogens is 3. The van der Waals surface area contributed by atoms with Crippen molar-refractivity contribution in [2.75, 3.05) is 0 Å². The zero-order chi connectivity index (χ0) is 15.1. The van der Waals surface area contributed by atoms with E-state index in [9.17, 15) is 13.6 Å². The number of carbonyl (C=O) groups is 1. The van der Waals surface area contributed by atoms with Crippen molar-refractivity contribution in [2.45, 2.75) is 0 Å². The van der Waals surface area contributed by atoms with Gasteiger partial charge in [0.1, 0.15) is 17.5 Å². The molecule has 0 radical (unpaired) electrons. The highest BCUT2D eigenvalue weighted by atomic mass is 35.5. The zero-order valence-corrected chi connectivity index (χ0v) is 10.9. The Balaban J connectivity index is 2.17. The molecule has 0 amide bonds. The Morgan fingerprint density at radius 2 is 2.00 bits per heavy atom. The first-order valence-electron chi connectivity index (χ1n) is 5.69. The van der Waals surface area contributed by atoms with Gasteiger partial charge in [-0.15, -0.1) is 0 Å². The molecule has 2 aromatic heterocycles. The molecule has 0 spiro atoms. The fourth-order valence-electron chi connectivity index (χ4n) is 1.85. The molecule has 106 valence electrons. The summed E-state index contributed by atoms with van der Waals surface area (Å²) >= 11 is 5.48. The van der Waals surface area contributed by atoms with E-state index in [1.807, 2.05) is 0 Å². The Morgan fingerprint density at radius 1 is 1.24 bits per heavy atom. The summed E-state index contributed by atoms with van der Waals surface area (Å²) in [4.78, 5) is 21.4. The molecule has 0 saturated heterocycles. The minimum absolute atomic E-state index is 0.0353. The van der Waals surface area contributed by atoms with E-state index in [-0.39, 0.29) is 27.6 Å². The molecule has 0 bridgehead atoms. The normalized spacial score (nSPS) is 11.0. The Labute approximate surface area is 121 Å². The molecule has 2 heterocycles. The number of hydrogen-bond donors (Lipinski definition) is 2. The summed E-state index contributed by atoms with van der Waals surface area (Å²) in [6, 6.07) is 3.06. The van der Waals surface area contributed by atoms with Crippen molar-refractivity contribution in [1.82, 2.24) is 15.0 Å². The first-order chi connectivity index (χ1) is 9.95. The van der Waals surface area contributed by atoms with Crippen LogP contribution in [0.15, 0.2) is 24.4 Å². The van der Waals surface area contributed by atoms with E-state index in [0.717, 1.165) is 18.3 Å². The van der Waals surface area contributed by atoms with Gasteiger partial charge in [0.25, 0.3) is 0 Å². The summed E-state index contributed by atoms with van der Waals surface area (Å²) < 4.78 is 27.3. The van der Waals surface area contributed by atoms with Crippen LogP contribution in [0, 0.1) is 11.6 Å². The predicted octanol–water partition coefficient (Wildman–Crippen LogP) is 3.25. The summed E-state index contributed by atoms with van der Waals surface area (Å²) in [5.74, 6) is -2.65. The van der Waals surface area contributed by atoms with E-state index < -0.39 is 17.6 Å². The molecule has 0 unspecified atom stereocenters. The van der Waals surface area contributed by atoms with Gasteiger partial charge >= 0.3 is 5.97 Å². The lowest BCUT2D eigenvalue weighted by atomic mass is 10.2. The molecule has 1 aromatic carbocycles. The van der Waals surface area contributed by atoms with Crippen LogP contribution in [-0.4, -0.2) is 26.0 Å². The summed E-state index contributed by atoms with van der Waals surface area (Å²) in [6.07, 6.45) is 1.13. The van der Waals surface area contributed by atoms with Crippen LogP contribution in [0.1, 0.15) is 10.4 Å². The number of rotatable bonds is 2. The van der Waals surface area contributed by atoms with Crippen LogP contribution in [0.25, 0.3) is 22.6 Å². The van der Waals surface area contributed by atoms with Gasteiger partial charge in [0.05, 0.1) is 21.7 Å². The molecule has 0 atom stereocenters. The molecule has 0 aliphatic heterocycles. The molecule has 5 nitrogen and oxygen atoms in total. The number of H-pyrrole nitrogens is 1. The maximum absolute atomic E-state index is 13.8. The van der Waals surface area contributed by atoms with Gasteiger partial charge in [-0.05, 0) is 18.2 Å². The molecule has 0 saturated carbocycles. The number of carboxylic acids is 1. The summed E-state index contributed by atoms with van der Waals surface area (Å²) in [7, 11) is 0. The Morgan fingerprint density at radius 3 is 2.71 bits per heavy atom. The van der Waals surface area contributed by atoms with E-state index in [1.165, 1.54) is 6.07 Å². The molecule has 21 heavy (non-hydrogen) atoms. The summed E-state index contributed by atoms with van der Waals surface area (Å²) in [5, 5.41) is 8.55. The van der Waals surface area contributed by atoms with Gasteiger partial charge < -0.3 is 10.1 Å².